The molecule has 0 aliphatic carbocycles. The number of hydrogen-bond donors (Lipinski definition) is 0. The molecule has 0 saturated heterocycles. The highest BCUT2D eigenvalue weighted by atomic mass is 79.9. The number of fused-ring (bicyclic) bond motifs is 1. The summed E-state index contributed by atoms with van der Waals surface area (Å²) in [5.41, 5.74) is 2.55. The van der Waals surface area contributed by atoms with Gasteiger partial charge in [-0.2, -0.15) is 0 Å². The van der Waals surface area contributed by atoms with Gasteiger partial charge in [-0.25, -0.2) is 4.98 Å². The van der Waals surface area contributed by atoms with Crippen LogP contribution in [0, 0.1) is 5.92 Å². The molecule has 104 valence electrons. The molecule has 0 saturated carbocycles. The van der Waals surface area contributed by atoms with E-state index in [0.717, 1.165) is 27.6 Å². The lowest BCUT2D eigenvalue weighted by Crippen LogP contribution is -2.10. The third kappa shape index (κ3) is 3.32. The fraction of sp³-hybridized carbons (Fsp3) is 0.267. The Morgan fingerprint density at radius 2 is 2.00 bits per heavy atom. The average molecular weight is 414 g/mol. The lowest BCUT2D eigenvalue weighted by Gasteiger charge is -2.12. The predicted molar refractivity (Wildman–Crippen MR) is 91.9 cm³/mol. The van der Waals surface area contributed by atoms with E-state index in [-0.39, 0.29) is 0 Å². The van der Waals surface area contributed by atoms with Crippen molar-refractivity contribution in [1.29, 1.82) is 0 Å². The summed E-state index contributed by atoms with van der Waals surface area (Å²) in [6.07, 6.45) is 6.29. The molecule has 5 heteroatoms. The number of hydrogen-bond acceptors (Lipinski definition) is 2. The van der Waals surface area contributed by atoms with E-state index in [1.807, 2.05) is 0 Å². The van der Waals surface area contributed by atoms with Crippen LogP contribution in [0.3, 0.4) is 0 Å². The zero-order valence-corrected chi connectivity index (χ0v) is 14.8. The summed E-state index contributed by atoms with van der Waals surface area (Å²) < 4.78 is 3.23. The quantitative estimate of drug-likeness (QED) is 0.540. The Labute approximate surface area is 139 Å². The van der Waals surface area contributed by atoms with Gasteiger partial charge in [-0.15, -0.1) is 11.3 Å². The van der Waals surface area contributed by atoms with Gasteiger partial charge in [-0.1, -0.05) is 44.0 Å². The molecule has 0 bridgehead atoms. The maximum Gasteiger partial charge on any atom is 0.193 e. The second kappa shape index (κ2) is 6.41. The Kier molecular flexibility index (Phi) is 4.58. The van der Waals surface area contributed by atoms with E-state index >= 15 is 0 Å². The van der Waals surface area contributed by atoms with E-state index in [1.54, 1.807) is 11.3 Å². The van der Waals surface area contributed by atoms with Gasteiger partial charge in [0.2, 0.25) is 0 Å². The van der Waals surface area contributed by atoms with Gasteiger partial charge >= 0.3 is 0 Å². The molecule has 1 aromatic carbocycles. The number of thiazole rings is 1. The number of alkyl halides is 1. The molecule has 0 aliphatic heterocycles. The SMILES string of the molecule is BrCC(Cc1ccc(Br)cc1)Cc1cn2ccsc2n1. The second-order valence-electron chi connectivity index (χ2n) is 4.88. The molecule has 3 rings (SSSR count). The van der Waals surface area contributed by atoms with Crippen molar-refractivity contribution < 1.29 is 0 Å². The highest BCUT2D eigenvalue weighted by Crippen LogP contribution is 2.20. The molecule has 0 aliphatic rings. The minimum atomic E-state index is 0.570. The minimum Gasteiger partial charge on any atom is -0.297 e. The minimum absolute atomic E-state index is 0.570. The molecule has 2 nitrogen and oxygen atoms in total. The molecule has 2 heterocycles. The van der Waals surface area contributed by atoms with Crippen LogP contribution >= 0.6 is 43.2 Å². The van der Waals surface area contributed by atoms with Crippen molar-refractivity contribution in [3.8, 4) is 0 Å². The Morgan fingerprint density at radius 3 is 2.70 bits per heavy atom. The molecule has 1 atom stereocenters. The zero-order valence-electron chi connectivity index (χ0n) is 10.8. The van der Waals surface area contributed by atoms with E-state index in [1.165, 1.54) is 11.3 Å². The van der Waals surface area contributed by atoms with Gasteiger partial charge in [-0.3, -0.25) is 4.40 Å². The molecule has 1 unspecified atom stereocenters. The summed E-state index contributed by atoms with van der Waals surface area (Å²) >= 11 is 8.80. The molecule has 20 heavy (non-hydrogen) atoms. The standard InChI is InChI=1S/C15H14Br2N2S/c16-9-12(7-11-1-3-13(17)4-2-11)8-14-10-19-5-6-20-15(19)18-14/h1-6,10,12H,7-9H2. The number of benzene rings is 1. The van der Waals surface area contributed by atoms with Crippen molar-refractivity contribution in [3.05, 3.63) is 57.8 Å². The van der Waals surface area contributed by atoms with Gasteiger partial charge in [-0.05, 0) is 36.5 Å². The maximum absolute atomic E-state index is 4.67. The first-order chi connectivity index (χ1) is 9.74. The molecular weight excluding hydrogens is 400 g/mol. The van der Waals surface area contributed by atoms with Crippen molar-refractivity contribution in [3.63, 3.8) is 0 Å². The van der Waals surface area contributed by atoms with Gasteiger partial charge in [0.05, 0.1) is 5.69 Å². The lowest BCUT2D eigenvalue weighted by atomic mass is 9.97. The van der Waals surface area contributed by atoms with Crippen molar-refractivity contribution >= 4 is 48.2 Å². The summed E-state index contributed by atoms with van der Waals surface area (Å²) in [5.74, 6) is 0.570. The number of halogens is 2. The van der Waals surface area contributed by atoms with Crippen molar-refractivity contribution in [2.24, 2.45) is 5.92 Å². The summed E-state index contributed by atoms with van der Waals surface area (Å²) in [5, 5.41) is 3.06. The van der Waals surface area contributed by atoms with Crippen LogP contribution in [0.25, 0.3) is 4.96 Å². The first kappa shape index (κ1) is 14.3. The number of nitrogens with zero attached hydrogens (tertiary/aromatic N) is 2. The summed E-state index contributed by atoms with van der Waals surface area (Å²) in [4.78, 5) is 5.75. The Balaban J connectivity index is 1.70. The van der Waals surface area contributed by atoms with E-state index in [9.17, 15) is 0 Å². The normalized spacial score (nSPS) is 12.9. The van der Waals surface area contributed by atoms with Gasteiger partial charge in [0.1, 0.15) is 0 Å². The fourth-order valence-corrected chi connectivity index (χ4v) is 3.75. The van der Waals surface area contributed by atoms with Crippen LogP contribution in [0.1, 0.15) is 11.3 Å². The van der Waals surface area contributed by atoms with E-state index < -0.39 is 0 Å². The molecule has 3 aromatic rings. The molecule has 0 fully saturated rings. The van der Waals surface area contributed by atoms with Crippen molar-refractivity contribution in [2.75, 3.05) is 5.33 Å². The summed E-state index contributed by atoms with van der Waals surface area (Å²) in [6.45, 7) is 0. The fourth-order valence-electron chi connectivity index (χ4n) is 2.31. The van der Waals surface area contributed by atoms with Crippen LogP contribution in [0.15, 0.2) is 46.5 Å². The van der Waals surface area contributed by atoms with Crippen molar-refractivity contribution in [1.82, 2.24) is 9.38 Å². The highest BCUT2D eigenvalue weighted by Gasteiger charge is 2.12. The van der Waals surface area contributed by atoms with Gasteiger partial charge in [0.25, 0.3) is 0 Å². The van der Waals surface area contributed by atoms with Crippen LogP contribution in [0.4, 0.5) is 0 Å². The van der Waals surface area contributed by atoms with Crippen molar-refractivity contribution in [2.45, 2.75) is 12.8 Å². The predicted octanol–water partition coefficient (Wildman–Crippen LogP) is 4.95. The molecule has 0 amide bonds. The molecule has 0 radical (unpaired) electrons. The van der Waals surface area contributed by atoms with Crippen LogP contribution in [-0.2, 0) is 12.8 Å². The highest BCUT2D eigenvalue weighted by molar-refractivity contribution is 9.10. The largest absolute Gasteiger partial charge is 0.297 e. The Bertz CT molecular complexity index is 659. The van der Waals surface area contributed by atoms with Crippen LogP contribution in [0.5, 0.6) is 0 Å². The van der Waals surface area contributed by atoms with E-state index in [4.69, 9.17) is 0 Å². The zero-order chi connectivity index (χ0) is 13.9. The monoisotopic (exact) mass is 412 g/mol. The van der Waals surface area contributed by atoms with Crippen LogP contribution < -0.4 is 0 Å². The lowest BCUT2D eigenvalue weighted by molar-refractivity contribution is 0.584. The first-order valence-electron chi connectivity index (χ1n) is 6.46. The number of aromatic nitrogens is 2. The maximum atomic E-state index is 4.67. The van der Waals surface area contributed by atoms with Gasteiger partial charge < -0.3 is 0 Å². The molecular formula is C15H14Br2N2S. The smallest absolute Gasteiger partial charge is 0.193 e. The van der Waals surface area contributed by atoms with Crippen LogP contribution in [-0.4, -0.2) is 14.7 Å². The first-order valence-corrected chi connectivity index (χ1v) is 9.25. The van der Waals surface area contributed by atoms with Gasteiger partial charge in [0, 0.05) is 27.6 Å². The topological polar surface area (TPSA) is 17.3 Å². The van der Waals surface area contributed by atoms with E-state index in [2.05, 4.69) is 83.3 Å². The van der Waals surface area contributed by atoms with Gasteiger partial charge in [0.15, 0.2) is 4.96 Å². The third-order valence-corrected chi connectivity index (χ3v) is 5.51. The van der Waals surface area contributed by atoms with Crippen LogP contribution in [0.2, 0.25) is 0 Å². The molecule has 0 N–H and O–H groups in total. The Hall–Kier alpha value is -0.650. The number of rotatable bonds is 5. The molecule has 2 aromatic heterocycles. The average Bonchev–Trinajstić information content (AvgIpc) is 3.01. The Morgan fingerprint density at radius 1 is 1.20 bits per heavy atom. The number of imidazole rings is 1. The van der Waals surface area contributed by atoms with E-state index in [0.29, 0.717) is 5.92 Å². The second-order valence-corrected chi connectivity index (χ2v) is 7.32. The third-order valence-electron chi connectivity index (χ3n) is 3.30. The summed E-state index contributed by atoms with van der Waals surface area (Å²) in [7, 11) is 0. The molecule has 0 spiro atoms. The summed E-state index contributed by atoms with van der Waals surface area (Å²) in [6, 6.07) is 8.58.